The molecule has 0 fully saturated rings. The molecule has 0 aliphatic rings. The quantitative estimate of drug-likeness (QED) is 0.445. The minimum Gasteiger partial charge on any atom is -0.478 e. The van der Waals surface area contributed by atoms with E-state index in [1.165, 1.54) is 0 Å². The first-order chi connectivity index (χ1) is 12.5. The number of benzene rings is 2. The summed E-state index contributed by atoms with van der Waals surface area (Å²) in [6.45, 7) is 3.40. The lowest BCUT2D eigenvalue weighted by molar-refractivity contribution is -0.160. The summed E-state index contributed by atoms with van der Waals surface area (Å²) in [5.41, 5.74) is 1.49. The average molecular weight is 352 g/mol. The highest BCUT2D eigenvalue weighted by atomic mass is 16.6. The van der Waals surface area contributed by atoms with Crippen LogP contribution in [0.1, 0.15) is 36.3 Å². The molecule has 0 radical (unpaired) electrons. The van der Waals surface area contributed by atoms with Gasteiger partial charge in [-0.15, -0.1) is 0 Å². The lowest BCUT2D eigenvalue weighted by Gasteiger charge is -2.16. The molecular formula is C21H20O5. The monoisotopic (exact) mass is 352 g/mol. The largest absolute Gasteiger partial charge is 0.478 e. The molecule has 2 rings (SSSR count). The number of carboxylic acid groups (broad SMARTS) is 1. The number of carbonyl (C=O) groups excluding carboxylic acids is 2. The Morgan fingerprint density at radius 2 is 1.38 bits per heavy atom. The number of hydrogen-bond donors (Lipinski definition) is 1. The zero-order valence-corrected chi connectivity index (χ0v) is 14.3. The zero-order chi connectivity index (χ0) is 18.9. The van der Waals surface area contributed by atoms with Crippen LogP contribution < -0.4 is 0 Å². The highest BCUT2D eigenvalue weighted by molar-refractivity contribution is 5.91. The molecule has 5 nitrogen and oxygen atoms in total. The summed E-state index contributed by atoms with van der Waals surface area (Å²) < 4.78 is 5.01. The second kappa shape index (κ2) is 9.32. The smallest absolute Gasteiger partial charge is 0.330 e. The molecule has 0 atom stereocenters. The van der Waals surface area contributed by atoms with Crippen molar-refractivity contribution in [1.82, 2.24) is 0 Å². The number of ether oxygens (including phenoxy) is 1. The summed E-state index contributed by atoms with van der Waals surface area (Å²) in [5, 5.41) is 8.75. The van der Waals surface area contributed by atoms with Gasteiger partial charge in [-0.1, -0.05) is 67.2 Å². The maximum Gasteiger partial charge on any atom is 0.330 e. The van der Waals surface area contributed by atoms with Crippen LogP contribution in [0.3, 0.4) is 0 Å². The summed E-state index contributed by atoms with van der Waals surface area (Å²) in [6.07, 6.45) is 0.381. The Labute approximate surface area is 151 Å². The predicted molar refractivity (Wildman–Crippen MR) is 96.5 cm³/mol. The van der Waals surface area contributed by atoms with Crippen LogP contribution >= 0.6 is 0 Å². The average Bonchev–Trinajstić information content (AvgIpc) is 2.63. The van der Waals surface area contributed by atoms with Gasteiger partial charge in [-0.2, -0.15) is 0 Å². The van der Waals surface area contributed by atoms with E-state index in [0.29, 0.717) is 0 Å². The molecule has 0 aliphatic heterocycles. The summed E-state index contributed by atoms with van der Waals surface area (Å²) in [6, 6.07) is 18.2. The Hall–Kier alpha value is -3.21. The first-order valence-corrected chi connectivity index (χ1v) is 8.24. The maximum absolute atomic E-state index is 12.6. The highest BCUT2D eigenvalue weighted by Gasteiger charge is 2.26. The fourth-order valence-corrected chi connectivity index (χ4v) is 2.53. The van der Waals surface area contributed by atoms with Crippen molar-refractivity contribution in [1.29, 1.82) is 0 Å². The van der Waals surface area contributed by atoms with E-state index < -0.39 is 23.8 Å². The van der Waals surface area contributed by atoms with Gasteiger partial charge in [-0.05, 0) is 24.0 Å². The normalized spacial score (nSPS) is 10.3. The summed E-state index contributed by atoms with van der Waals surface area (Å²) in [7, 11) is 0. The lowest BCUT2D eigenvalue weighted by atomic mass is 9.91. The van der Waals surface area contributed by atoms with Gasteiger partial charge in [0.05, 0.1) is 0 Å². The minimum absolute atomic E-state index is 0.0237. The van der Waals surface area contributed by atoms with Crippen LogP contribution in [0.2, 0.25) is 0 Å². The van der Waals surface area contributed by atoms with E-state index in [4.69, 9.17) is 9.84 Å². The Bertz CT molecular complexity index is 741. The van der Waals surface area contributed by atoms with Gasteiger partial charge in [0.15, 0.2) is 0 Å². The Morgan fingerprint density at radius 3 is 1.85 bits per heavy atom. The molecule has 0 saturated carbocycles. The number of rotatable bonds is 8. The van der Waals surface area contributed by atoms with Gasteiger partial charge in [-0.3, -0.25) is 9.59 Å². The molecule has 1 N–H and O–H groups in total. The zero-order valence-electron chi connectivity index (χ0n) is 14.3. The maximum atomic E-state index is 12.6. The standard InChI is InChI=1S/C21H20O5/c1-15(20(23)24)9-8-14-18(22)26-21(25)19(16-10-4-2-5-11-16)17-12-6-3-7-13-17/h2-7,10-13,19H,1,8-9,14H2,(H,23,24). The van der Waals surface area contributed by atoms with Crippen LogP contribution in [0.15, 0.2) is 72.8 Å². The van der Waals surface area contributed by atoms with Crippen molar-refractivity contribution < 1.29 is 24.2 Å². The van der Waals surface area contributed by atoms with Crippen LogP contribution in [0, 0.1) is 0 Å². The molecule has 0 heterocycles. The number of carboxylic acids is 1. The highest BCUT2D eigenvalue weighted by Crippen LogP contribution is 2.26. The molecule has 2 aromatic carbocycles. The first-order valence-electron chi connectivity index (χ1n) is 8.24. The Balaban J connectivity index is 2.04. The van der Waals surface area contributed by atoms with Crippen LogP contribution in [0.5, 0.6) is 0 Å². The molecule has 0 unspecified atom stereocenters. The first kappa shape index (κ1) is 19.1. The van der Waals surface area contributed by atoms with Crippen molar-refractivity contribution in [2.75, 3.05) is 0 Å². The van der Waals surface area contributed by atoms with Gasteiger partial charge in [0.25, 0.3) is 0 Å². The van der Waals surface area contributed by atoms with Gasteiger partial charge < -0.3 is 9.84 Å². The SMILES string of the molecule is C=C(CCCC(=O)OC(=O)C(c1ccccc1)c1ccccc1)C(=O)O. The van der Waals surface area contributed by atoms with E-state index in [1.54, 1.807) is 24.3 Å². The van der Waals surface area contributed by atoms with Crippen LogP contribution in [0.25, 0.3) is 0 Å². The van der Waals surface area contributed by atoms with Crippen molar-refractivity contribution >= 4 is 17.9 Å². The number of aliphatic carboxylic acids is 1. The fraction of sp³-hybridized carbons (Fsp3) is 0.190. The molecule has 2 aromatic rings. The van der Waals surface area contributed by atoms with Gasteiger partial charge in [-0.25, -0.2) is 4.79 Å². The van der Waals surface area contributed by atoms with E-state index in [-0.39, 0.29) is 24.8 Å². The number of carbonyl (C=O) groups is 3. The second-order valence-electron chi connectivity index (χ2n) is 5.81. The molecular weight excluding hydrogens is 332 g/mol. The number of hydrogen-bond acceptors (Lipinski definition) is 4. The summed E-state index contributed by atoms with van der Waals surface area (Å²) >= 11 is 0. The van der Waals surface area contributed by atoms with Gasteiger partial charge in [0.1, 0.15) is 5.92 Å². The van der Waals surface area contributed by atoms with E-state index >= 15 is 0 Å². The van der Waals surface area contributed by atoms with Crippen molar-refractivity contribution in [2.24, 2.45) is 0 Å². The number of esters is 2. The van der Waals surface area contributed by atoms with Crippen molar-refractivity contribution in [3.8, 4) is 0 Å². The van der Waals surface area contributed by atoms with Crippen LogP contribution in [-0.4, -0.2) is 23.0 Å². The lowest BCUT2D eigenvalue weighted by Crippen LogP contribution is -2.21. The molecule has 5 heteroatoms. The molecule has 0 bridgehead atoms. The van der Waals surface area contributed by atoms with E-state index in [2.05, 4.69) is 6.58 Å². The third kappa shape index (κ3) is 5.41. The van der Waals surface area contributed by atoms with Crippen molar-refractivity contribution in [2.45, 2.75) is 25.2 Å². The van der Waals surface area contributed by atoms with Gasteiger partial charge >= 0.3 is 17.9 Å². The molecule has 134 valence electrons. The van der Waals surface area contributed by atoms with E-state index in [9.17, 15) is 14.4 Å². The third-order valence-electron chi connectivity index (χ3n) is 3.88. The molecule has 0 saturated heterocycles. The van der Waals surface area contributed by atoms with Gasteiger partial charge in [0, 0.05) is 12.0 Å². The topological polar surface area (TPSA) is 80.7 Å². The molecule has 0 aromatic heterocycles. The Kier molecular flexibility index (Phi) is 6.85. The predicted octanol–water partition coefficient (Wildman–Crippen LogP) is 3.70. The van der Waals surface area contributed by atoms with E-state index in [1.807, 2.05) is 36.4 Å². The van der Waals surface area contributed by atoms with Gasteiger partial charge in [0.2, 0.25) is 0 Å². The van der Waals surface area contributed by atoms with Crippen molar-refractivity contribution in [3.63, 3.8) is 0 Å². The summed E-state index contributed by atoms with van der Waals surface area (Å²) in [5.74, 6) is -3.12. The fourth-order valence-electron chi connectivity index (χ4n) is 2.53. The summed E-state index contributed by atoms with van der Waals surface area (Å²) in [4.78, 5) is 35.2. The van der Waals surface area contributed by atoms with E-state index in [0.717, 1.165) is 11.1 Å². The third-order valence-corrected chi connectivity index (χ3v) is 3.88. The van der Waals surface area contributed by atoms with Crippen LogP contribution in [-0.2, 0) is 19.1 Å². The van der Waals surface area contributed by atoms with Crippen LogP contribution in [0.4, 0.5) is 0 Å². The Morgan fingerprint density at radius 1 is 0.885 bits per heavy atom. The molecule has 0 amide bonds. The molecule has 0 aliphatic carbocycles. The molecule has 26 heavy (non-hydrogen) atoms. The minimum atomic E-state index is -1.09. The van der Waals surface area contributed by atoms with Crippen molar-refractivity contribution in [3.05, 3.63) is 83.9 Å². The molecule has 0 spiro atoms. The second-order valence-corrected chi connectivity index (χ2v) is 5.81.